The van der Waals surface area contributed by atoms with Gasteiger partial charge in [0, 0.05) is 22.5 Å². The highest BCUT2D eigenvalue weighted by atomic mass is 35.5. The third kappa shape index (κ3) is 4.15. The molecule has 0 aliphatic rings. The fraction of sp³-hybridized carbons (Fsp3) is 0.103. The van der Waals surface area contributed by atoms with E-state index in [1.54, 1.807) is 0 Å². The number of nitrogens with zero attached hydrogens (tertiary/aromatic N) is 1. The van der Waals surface area contributed by atoms with Crippen molar-refractivity contribution >= 4 is 22.5 Å². The highest BCUT2D eigenvalue weighted by molar-refractivity contribution is 6.30. The summed E-state index contributed by atoms with van der Waals surface area (Å²) in [5, 5.41) is 1.95. The van der Waals surface area contributed by atoms with E-state index in [0.717, 1.165) is 28.4 Å². The molecule has 0 aliphatic carbocycles. The van der Waals surface area contributed by atoms with Crippen molar-refractivity contribution < 1.29 is 4.74 Å². The Hall–Kier alpha value is -3.49. The summed E-state index contributed by atoms with van der Waals surface area (Å²) in [7, 11) is 0. The summed E-state index contributed by atoms with van der Waals surface area (Å²) in [6.07, 6.45) is 0. The van der Waals surface area contributed by atoms with Gasteiger partial charge < -0.3 is 9.30 Å². The lowest BCUT2D eigenvalue weighted by Gasteiger charge is -2.13. The predicted octanol–water partition coefficient (Wildman–Crippen LogP) is 7.90. The van der Waals surface area contributed by atoms with Gasteiger partial charge in [-0.15, -0.1) is 0 Å². The first-order valence-electron chi connectivity index (χ1n) is 10.8. The van der Waals surface area contributed by atoms with Crippen LogP contribution in [0.3, 0.4) is 0 Å². The second kappa shape index (κ2) is 8.94. The van der Waals surface area contributed by atoms with Crippen molar-refractivity contribution in [3.63, 3.8) is 0 Å². The average Bonchev–Trinajstić information content (AvgIpc) is 3.10. The molecule has 0 spiro atoms. The zero-order valence-corrected chi connectivity index (χ0v) is 18.7. The maximum absolute atomic E-state index is 6.17. The monoisotopic (exact) mass is 437 g/mol. The number of rotatable bonds is 6. The molecule has 0 amide bonds. The van der Waals surface area contributed by atoms with Crippen LogP contribution in [0.4, 0.5) is 0 Å². The number of hydrogen-bond acceptors (Lipinski definition) is 1. The second-order valence-corrected chi connectivity index (χ2v) is 8.44. The molecular weight excluding hydrogens is 414 g/mol. The lowest BCUT2D eigenvalue weighted by Crippen LogP contribution is -2.02. The lowest BCUT2D eigenvalue weighted by atomic mass is 10.1. The largest absolute Gasteiger partial charge is 0.489 e. The van der Waals surface area contributed by atoms with Crippen LogP contribution < -0.4 is 4.74 Å². The Kier molecular flexibility index (Phi) is 5.70. The van der Waals surface area contributed by atoms with Crippen LogP contribution in [0, 0.1) is 6.92 Å². The van der Waals surface area contributed by atoms with Crippen LogP contribution in [-0.2, 0) is 13.2 Å². The summed E-state index contributed by atoms with van der Waals surface area (Å²) >= 11 is 6.17. The standard InChI is InChI=1S/C29H24ClNO/c1-21-27-18-26(32-20-23-10-6-3-7-11-23)16-17-28(27)31(19-22-8-4-2-5-9-22)29(21)24-12-14-25(30)15-13-24/h2-18H,19-20H2,1H3. The summed E-state index contributed by atoms with van der Waals surface area (Å²) in [6, 6.07) is 35.3. The van der Waals surface area contributed by atoms with Crippen molar-refractivity contribution in [3.8, 4) is 17.0 Å². The smallest absolute Gasteiger partial charge is 0.120 e. The Morgan fingerprint density at radius 3 is 2.09 bits per heavy atom. The fourth-order valence-corrected chi connectivity index (χ4v) is 4.37. The Morgan fingerprint density at radius 1 is 0.750 bits per heavy atom. The van der Waals surface area contributed by atoms with Crippen molar-refractivity contribution in [1.82, 2.24) is 4.57 Å². The summed E-state index contributed by atoms with van der Waals surface area (Å²) in [5.41, 5.74) is 7.23. The molecule has 5 rings (SSSR count). The maximum atomic E-state index is 6.17. The molecule has 1 heterocycles. The Morgan fingerprint density at radius 2 is 1.41 bits per heavy atom. The molecular formula is C29H24ClNO. The molecule has 5 aromatic rings. The maximum Gasteiger partial charge on any atom is 0.120 e. The van der Waals surface area contributed by atoms with Gasteiger partial charge in [0.05, 0.1) is 5.69 Å². The van der Waals surface area contributed by atoms with Crippen LogP contribution in [0.15, 0.2) is 103 Å². The Balaban J connectivity index is 1.58. The average molecular weight is 438 g/mol. The van der Waals surface area contributed by atoms with Crippen molar-refractivity contribution in [2.45, 2.75) is 20.1 Å². The normalized spacial score (nSPS) is 11.1. The Labute approximate surface area is 193 Å². The van der Waals surface area contributed by atoms with E-state index in [9.17, 15) is 0 Å². The molecule has 0 fully saturated rings. The van der Waals surface area contributed by atoms with E-state index in [1.165, 1.54) is 27.7 Å². The van der Waals surface area contributed by atoms with Crippen LogP contribution in [0.25, 0.3) is 22.2 Å². The van der Waals surface area contributed by atoms with Crippen LogP contribution in [-0.4, -0.2) is 4.57 Å². The van der Waals surface area contributed by atoms with Gasteiger partial charge in [-0.25, -0.2) is 0 Å². The molecule has 0 atom stereocenters. The predicted molar refractivity (Wildman–Crippen MR) is 133 cm³/mol. The molecule has 2 nitrogen and oxygen atoms in total. The second-order valence-electron chi connectivity index (χ2n) is 8.01. The van der Waals surface area contributed by atoms with Gasteiger partial charge in [-0.05, 0) is 59.5 Å². The number of fused-ring (bicyclic) bond motifs is 1. The molecule has 3 heteroatoms. The quantitative estimate of drug-likeness (QED) is 0.263. The highest BCUT2D eigenvalue weighted by Gasteiger charge is 2.17. The van der Waals surface area contributed by atoms with E-state index < -0.39 is 0 Å². The Bertz CT molecular complexity index is 1340. The SMILES string of the molecule is Cc1c(-c2ccc(Cl)cc2)n(Cc2ccccc2)c2ccc(OCc3ccccc3)cc12. The van der Waals surface area contributed by atoms with Crippen LogP contribution in [0.1, 0.15) is 16.7 Å². The minimum absolute atomic E-state index is 0.556. The number of halogens is 1. The minimum Gasteiger partial charge on any atom is -0.489 e. The molecule has 0 saturated carbocycles. The van der Waals surface area contributed by atoms with E-state index >= 15 is 0 Å². The topological polar surface area (TPSA) is 14.2 Å². The number of ether oxygens (including phenoxy) is 1. The molecule has 0 radical (unpaired) electrons. The molecule has 0 N–H and O–H groups in total. The zero-order chi connectivity index (χ0) is 21.9. The summed E-state index contributed by atoms with van der Waals surface area (Å²) in [5.74, 6) is 0.879. The van der Waals surface area contributed by atoms with Gasteiger partial charge >= 0.3 is 0 Å². The van der Waals surface area contributed by atoms with Crippen molar-refractivity contribution in [1.29, 1.82) is 0 Å². The van der Waals surface area contributed by atoms with Gasteiger partial charge in [-0.1, -0.05) is 84.4 Å². The molecule has 4 aromatic carbocycles. The fourth-order valence-electron chi connectivity index (χ4n) is 4.24. The third-order valence-electron chi connectivity index (χ3n) is 5.84. The van der Waals surface area contributed by atoms with Gasteiger partial charge in [0.25, 0.3) is 0 Å². The van der Waals surface area contributed by atoms with E-state index in [4.69, 9.17) is 16.3 Å². The van der Waals surface area contributed by atoms with Crippen molar-refractivity contribution in [2.24, 2.45) is 0 Å². The molecule has 0 aliphatic heterocycles. The summed E-state index contributed by atoms with van der Waals surface area (Å²) in [4.78, 5) is 0. The summed E-state index contributed by atoms with van der Waals surface area (Å²) in [6.45, 7) is 3.54. The number of benzene rings is 4. The lowest BCUT2D eigenvalue weighted by molar-refractivity contribution is 0.306. The van der Waals surface area contributed by atoms with Gasteiger partial charge in [-0.3, -0.25) is 0 Å². The van der Waals surface area contributed by atoms with Crippen LogP contribution >= 0.6 is 11.6 Å². The van der Waals surface area contributed by atoms with Crippen LogP contribution in [0.2, 0.25) is 5.02 Å². The summed E-state index contributed by atoms with van der Waals surface area (Å²) < 4.78 is 8.51. The molecule has 0 bridgehead atoms. The van der Waals surface area contributed by atoms with E-state index in [-0.39, 0.29) is 0 Å². The van der Waals surface area contributed by atoms with Gasteiger partial charge in [-0.2, -0.15) is 0 Å². The third-order valence-corrected chi connectivity index (χ3v) is 6.09. The van der Waals surface area contributed by atoms with Crippen molar-refractivity contribution in [2.75, 3.05) is 0 Å². The first-order valence-corrected chi connectivity index (χ1v) is 11.2. The first-order chi connectivity index (χ1) is 15.7. The van der Waals surface area contributed by atoms with Gasteiger partial charge in [0.15, 0.2) is 0 Å². The van der Waals surface area contributed by atoms with Crippen molar-refractivity contribution in [3.05, 3.63) is 125 Å². The van der Waals surface area contributed by atoms with Gasteiger partial charge in [0.1, 0.15) is 12.4 Å². The van der Waals surface area contributed by atoms with E-state index in [0.29, 0.717) is 6.61 Å². The number of hydrogen-bond donors (Lipinski definition) is 0. The zero-order valence-electron chi connectivity index (χ0n) is 18.0. The number of aromatic nitrogens is 1. The number of aryl methyl sites for hydroxylation is 1. The molecule has 158 valence electrons. The highest BCUT2D eigenvalue weighted by Crippen LogP contribution is 2.36. The van der Waals surface area contributed by atoms with Gasteiger partial charge in [0.2, 0.25) is 0 Å². The van der Waals surface area contributed by atoms with E-state index in [1.807, 2.05) is 30.3 Å². The first kappa shape index (κ1) is 20.4. The molecule has 32 heavy (non-hydrogen) atoms. The molecule has 1 aromatic heterocycles. The minimum atomic E-state index is 0.556. The van der Waals surface area contributed by atoms with Crippen LogP contribution in [0.5, 0.6) is 5.75 Å². The molecule has 0 unspecified atom stereocenters. The van der Waals surface area contributed by atoms with E-state index in [2.05, 4.69) is 84.3 Å². The molecule has 0 saturated heterocycles.